The van der Waals surface area contributed by atoms with Gasteiger partial charge in [0.1, 0.15) is 0 Å². The fourth-order valence-electron chi connectivity index (χ4n) is 2.06. The summed E-state index contributed by atoms with van der Waals surface area (Å²) in [7, 11) is 1.73. The van der Waals surface area contributed by atoms with Crippen LogP contribution in [0.3, 0.4) is 0 Å². The van der Waals surface area contributed by atoms with E-state index in [0.29, 0.717) is 5.92 Å². The van der Waals surface area contributed by atoms with E-state index in [2.05, 4.69) is 5.32 Å². The number of aliphatic hydroxyl groups is 1. The van der Waals surface area contributed by atoms with Gasteiger partial charge in [0, 0.05) is 20.3 Å². The lowest BCUT2D eigenvalue weighted by Gasteiger charge is -2.27. The SMILES string of the molecule is COCCCNCC1CCCCC1O. The van der Waals surface area contributed by atoms with Crippen LogP contribution in [0.1, 0.15) is 32.1 Å². The summed E-state index contributed by atoms with van der Waals surface area (Å²) in [6.45, 7) is 2.78. The Morgan fingerprint density at radius 2 is 2.14 bits per heavy atom. The van der Waals surface area contributed by atoms with Crippen LogP contribution < -0.4 is 5.32 Å². The zero-order chi connectivity index (χ0) is 10.2. The van der Waals surface area contributed by atoms with Gasteiger partial charge >= 0.3 is 0 Å². The van der Waals surface area contributed by atoms with E-state index in [0.717, 1.165) is 32.5 Å². The van der Waals surface area contributed by atoms with Gasteiger partial charge < -0.3 is 15.2 Å². The highest BCUT2D eigenvalue weighted by atomic mass is 16.5. The minimum absolute atomic E-state index is 0.0707. The van der Waals surface area contributed by atoms with E-state index in [1.54, 1.807) is 7.11 Å². The molecule has 0 amide bonds. The van der Waals surface area contributed by atoms with Crippen molar-refractivity contribution >= 4 is 0 Å². The Labute approximate surface area is 86.8 Å². The summed E-state index contributed by atoms with van der Waals surface area (Å²) < 4.78 is 4.97. The van der Waals surface area contributed by atoms with E-state index in [1.807, 2.05) is 0 Å². The summed E-state index contributed by atoms with van der Waals surface area (Å²) in [5.41, 5.74) is 0. The van der Waals surface area contributed by atoms with Crippen LogP contribution in [0, 0.1) is 5.92 Å². The second kappa shape index (κ2) is 7.21. The van der Waals surface area contributed by atoms with Crippen LogP contribution in [-0.2, 0) is 4.74 Å². The van der Waals surface area contributed by atoms with Gasteiger partial charge in [-0.25, -0.2) is 0 Å². The molecule has 1 aliphatic rings. The van der Waals surface area contributed by atoms with E-state index in [-0.39, 0.29) is 6.10 Å². The molecular formula is C11H23NO2. The number of rotatable bonds is 6. The average Bonchev–Trinajstić information content (AvgIpc) is 2.20. The Kier molecular flexibility index (Phi) is 6.15. The third-order valence-corrected chi connectivity index (χ3v) is 2.98. The first-order chi connectivity index (χ1) is 6.84. The first-order valence-electron chi connectivity index (χ1n) is 5.72. The smallest absolute Gasteiger partial charge is 0.0580 e. The van der Waals surface area contributed by atoms with Crippen molar-refractivity contribution < 1.29 is 9.84 Å². The van der Waals surface area contributed by atoms with E-state index in [9.17, 15) is 5.11 Å². The molecule has 1 rings (SSSR count). The van der Waals surface area contributed by atoms with Crippen LogP contribution >= 0.6 is 0 Å². The maximum absolute atomic E-state index is 9.71. The Morgan fingerprint density at radius 3 is 2.86 bits per heavy atom. The molecule has 0 aromatic carbocycles. The van der Waals surface area contributed by atoms with Gasteiger partial charge in [0.05, 0.1) is 6.10 Å². The van der Waals surface area contributed by atoms with Crippen LogP contribution in [0.5, 0.6) is 0 Å². The van der Waals surface area contributed by atoms with Gasteiger partial charge in [0.25, 0.3) is 0 Å². The third-order valence-electron chi connectivity index (χ3n) is 2.98. The summed E-state index contributed by atoms with van der Waals surface area (Å²) in [4.78, 5) is 0. The number of ether oxygens (including phenoxy) is 1. The molecule has 2 N–H and O–H groups in total. The van der Waals surface area contributed by atoms with Crippen LogP contribution in [0.4, 0.5) is 0 Å². The van der Waals surface area contributed by atoms with Crippen molar-refractivity contribution in [2.24, 2.45) is 5.92 Å². The molecule has 0 aliphatic heterocycles. The maximum atomic E-state index is 9.71. The lowest BCUT2D eigenvalue weighted by Crippen LogP contribution is -2.34. The zero-order valence-corrected chi connectivity index (χ0v) is 9.17. The number of nitrogens with one attached hydrogen (secondary N) is 1. The summed E-state index contributed by atoms with van der Waals surface area (Å²) in [6, 6.07) is 0. The zero-order valence-electron chi connectivity index (χ0n) is 9.17. The summed E-state index contributed by atoms with van der Waals surface area (Å²) >= 11 is 0. The molecule has 3 nitrogen and oxygen atoms in total. The number of hydrogen-bond donors (Lipinski definition) is 2. The molecule has 0 bridgehead atoms. The van der Waals surface area contributed by atoms with Crippen LogP contribution in [0.2, 0.25) is 0 Å². The average molecular weight is 201 g/mol. The van der Waals surface area contributed by atoms with Gasteiger partial charge in [-0.3, -0.25) is 0 Å². The standard InChI is InChI=1S/C11H23NO2/c1-14-8-4-7-12-9-10-5-2-3-6-11(10)13/h10-13H,2-9H2,1H3. The highest BCUT2D eigenvalue weighted by molar-refractivity contribution is 4.75. The maximum Gasteiger partial charge on any atom is 0.0580 e. The predicted octanol–water partition coefficient (Wildman–Crippen LogP) is 1.16. The molecule has 2 atom stereocenters. The van der Waals surface area contributed by atoms with Gasteiger partial charge in [-0.05, 0) is 31.7 Å². The van der Waals surface area contributed by atoms with Crippen molar-refractivity contribution in [1.29, 1.82) is 0 Å². The van der Waals surface area contributed by atoms with Gasteiger partial charge in [0.15, 0.2) is 0 Å². The van der Waals surface area contributed by atoms with E-state index < -0.39 is 0 Å². The van der Waals surface area contributed by atoms with Gasteiger partial charge in [-0.2, -0.15) is 0 Å². The van der Waals surface area contributed by atoms with Gasteiger partial charge in [-0.1, -0.05) is 12.8 Å². The molecule has 1 aliphatic carbocycles. The first kappa shape index (κ1) is 12.0. The number of aliphatic hydroxyl groups excluding tert-OH is 1. The van der Waals surface area contributed by atoms with E-state index in [1.165, 1.54) is 19.3 Å². The second-order valence-electron chi connectivity index (χ2n) is 4.16. The minimum atomic E-state index is -0.0707. The van der Waals surface area contributed by atoms with Crippen molar-refractivity contribution in [3.63, 3.8) is 0 Å². The van der Waals surface area contributed by atoms with Crippen molar-refractivity contribution in [2.75, 3.05) is 26.8 Å². The number of hydrogen-bond acceptors (Lipinski definition) is 3. The topological polar surface area (TPSA) is 41.5 Å². The molecule has 1 fully saturated rings. The quantitative estimate of drug-likeness (QED) is 0.634. The Hall–Kier alpha value is -0.120. The lowest BCUT2D eigenvalue weighted by molar-refractivity contribution is 0.0694. The number of methoxy groups -OCH3 is 1. The van der Waals surface area contributed by atoms with Crippen LogP contribution in [0.25, 0.3) is 0 Å². The van der Waals surface area contributed by atoms with E-state index >= 15 is 0 Å². The summed E-state index contributed by atoms with van der Waals surface area (Å²) in [5.74, 6) is 0.478. The fourth-order valence-corrected chi connectivity index (χ4v) is 2.06. The molecule has 84 valence electrons. The molecule has 3 heteroatoms. The fraction of sp³-hybridized carbons (Fsp3) is 1.00. The minimum Gasteiger partial charge on any atom is -0.393 e. The highest BCUT2D eigenvalue weighted by Crippen LogP contribution is 2.23. The van der Waals surface area contributed by atoms with Gasteiger partial charge in [-0.15, -0.1) is 0 Å². The van der Waals surface area contributed by atoms with E-state index in [4.69, 9.17) is 4.74 Å². The predicted molar refractivity (Wildman–Crippen MR) is 57.3 cm³/mol. The Morgan fingerprint density at radius 1 is 1.36 bits per heavy atom. The van der Waals surface area contributed by atoms with Crippen molar-refractivity contribution in [3.05, 3.63) is 0 Å². The molecule has 1 saturated carbocycles. The summed E-state index contributed by atoms with van der Waals surface area (Å²) in [5, 5.41) is 13.1. The molecule has 0 spiro atoms. The van der Waals surface area contributed by atoms with Crippen LogP contribution in [0.15, 0.2) is 0 Å². The lowest BCUT2D eigenvalue weighted by atomic mass is 9.86. The Balaban J connectivity index is 1.99. The van der Waals surface area contributed by atoms with Crippen molar-refractivity contribution in [2.45, 2.75) is 38.2 Å². The molecule has 14 heavy (non-hydrogen) atoms. The third kappa shape index (κ3) is 4.40. The molecule has 0 radical (unpaired) electrons. The van der Waals surface area contributed by atoms with Gasteiger partial charge in [0.2, 0.25) is 0 Å². The molecule has 0 heterocycles. The molecule has 2 unspecified atom stereocenters. The first-order valence-corrected chi connectivity index (χ1v) is 5.72. The highest BCUT2D eigenvalue weighted by Gasteiger charge is 2.21. The molecule has 0 saturated heterocycles. The normalized spacial score (nSPS) is 27.9. The van der Waals surface area contributed by atoms with Crippen molar-refractivity contribution in [3.8, 4) is 0 Å². The Bertz CT molecular complexity index is 141. The molecular weight excluding hydrogens is 178 g/mol. The summed E-state index contributed by atoms with van der Waals surface area (Å²) in [6.07, 6.45) is 5.63. The molecule has 0 aromatic rings. The van der Waals surface area contributed by atoms with Crippen molar-refractivity contribution in [1.82, 2.24) is 5.32 Å². The monoisotopic (exact) mass is 201 g/mol. The largest absolute Gasteiger partial charge is 0.393 e. The second-order valence-corrected chi connectivity index (χ2v) is 4.16. The molecule has 0 aromatic heterocycles. The van der Waals surface area contributed by atoms with Crippen LogP contribution in [-0.4, -0.2) is 38.0 Å².